The van der Waals surface area contributed by atoms with Gasteiger partial charge in [-0.15, -0.1) is 0 Å². The van der Waals surface area contributed by atoms with Crippen molar-refractivity contribution in [3.05, 3.63) is 76.8 Å². The lowest BCUT2D eigenvalue weighted by Crippen LogP contribution is -1.81. The Morgan fingerprint density at radius 1 is 1.04 bits per heavy atom. The lowest BCUT2D eigenvalue weighted by atomic mass is 10.2. The van der Waals surface area contributed by atoms with Gasteiger partial charge in [0.1, 0.15) is 23.2 Å². The van der Waals surface area contributed by atoms with E-state index < -0.39 is 0 Å². The van der Waals surface area contributed by atoms with Crippen LogP contribution in [0.25, 0.3) is 16.0 Å². The minimum absolute atomic E-state index is 0.0182. The molecule has 0 aliphatic carbocycles. The van der Waals surface area contributed by atoms with Crippen LogP contribution in [0.1, 0.15) is 5.56 Å². The van der Waals surface area contributed by atoms with Crippen LogP contribution in [0, 0.1) is 22.7 Å². The SMILES string of the molecule is N#CC(C#N)=CC=C(Sc1nc2ccccc2o1)c1ccc(Cl)cc1. The van der Waals surface area contributed by atoms with E-state index in [1.165, 1.54) is 17.8 Å². The van der Waals surface area contributed by atoms with Gasteiger partial charge in [-0.05, 0) is 53.7 Å². The summed E-state index contributed by atoms with van der Waals surface area (Å²) in [7, 11) is 0. The summed E-state index contributed by atoms with van der Waals surface area (Å²) in [4.78, 5) is 5.23. The standard InChI is InChI=1S/C19H10ClN3OS/c20-15-8-6-14(7-9-15)18(10-5-13(11-21)12-22)25-19-23-16-3-1-2-4-17(16)24-19/h1-10H. The average molecular weight is 364 g/mol. The summed E-state index contributed by atoms with van der Waals surface area (Å²) in [6.45, 7) is 0. The molecule has 0 radical (unpaired) electrons. The molecule has 1 heterocycles. The van der Waals surface area contributed by atoms with Gasteiger partial charge >= 0.3 is 0 Å². The number of thioether (sulfide) groups is 1. The highest BCUT2D eigenvalue weighted by Gasteiger charge is 2.10. The molecule has 25 heavy (non-hydrogen) atoms. The van der Waals surface area contributed by atoms with Gasteiger partial charge in [0.05, 0.1) is 0 Å². The highest BCUT2D eigenvalue weighted by Crippen LogP contribution is 2.36. The van der Waals surface area contributed by atoms with E-state index in [1.54, 1.807) is 18.2 Å². The Morgan fingerprint density at radius 3 is 2.44 bits per heavy atom. The largest absolute Gasteiger partial charge is 0.431 e. The van der Waals surface area contributed by atoms with Crippen molar-refractivity contribution in [3.8, 4) is 12.1 Å². The molecular weight excluding hydrogens is 354 g/mol. The van der Waals surface area contributed by atoms with Crippen LogP contribution in [0.15, 0.2) is 75.9 Å². The van der Waals surface area contributed by atoms with E-state index in [0.29, 0.717) is 15.8 Å². The summed E-state index contributed by atoms with van der Waals surface area (Å²) in [6, 6.07) is 18.4. The molecule has 1 aromatic heterocycles. The Kier molecular flexibility index (Phi) is 5.20. The molecule has 0 unspecified atom stereocenters. The van der Waals surface area contributed by atoms with Crippen LogP contribution in [0.3, 0.4) is 0 Å². The van der Waals surface area contributed by atoms with Crippen molar-refractivity contribution in [1.82, 2.24) is 4.98 Å². The van der Waals surface area contributed by atoms with Crippen LogP contribution < -0.4 is 0 Å². The number of aromatic nitrogens is 1. The second-order valence-corrected chi connectivity index (χ2v) is 6.32. The van der Waals surface area contributed by atoms with Crippen molar-refractivity contribution in [2.45, 2.75) is 5.22 Å². The van der Waals surface area contributed by atoms with Gasteiger partial charge in [0.25, 0.3) is 5.22 Å². The molecule has 0 amide bonds. The summed E-state index contributed by atoms with van der Waals surface area (Å²) in [6.07, 6.45) is 3.17. The summed E-state index contributed by atoms with van der Waals surface area (Å²) >= 11 is 7.26. The Morgan fingerprint density at radius 2 is 1.76 bits per heavy atom. The van der Waals surface area contributed by atoms with Crippen molar-refractivity contribution in [1.29, 1.82) is 10.5 Å². The molecule has 6 heteroatoms. The third-order valence-corrected chi connectivity index (χ3v) is 4.44. The van der Waals surface area contributed by atoms with E-state index in [1.807, 2.05) is 48.5 Å². The van der Waals surface area contributed by atoms with E-state index in [4.69, 9.17) is 26.5 Å². The number of allylic oxidation sites excluding steroid dienone is 3. The first-order valence-electron chi connectivity index (χ1n) is 7.21. The zero-order valence-corrected chi connectivity index (χ0v) is 14.4. The van der Waals surface area contributed by atoms with Gasteiger partial charge in [-0.25, -0.2) is 4.98 Å². The highest BCUT2D eigenvalue weighted by atomic mass is 35.5. The Balaban J connectivity index is 2.00. The average Bonchev–Trinajstić information content (AvgIpc) is 3.04. The van der Waals surface area contributed by atoms with E-state index >= 15 is 0 Å². The molecule has 120 valence electrons. The molecule has 0 saturated carbocycles. The Labute approximate surface area is 153 Å². The van der Waals surface area contributed by atoms with Gasteiger partial charge in [0, 0.05) is 9.93 Å². The quantitative estimate of drug-likeness (QED) is 0.343. The van der Waals surface area contributed by atoms with Crippen LogP contribution in [-0.4, -0.2) is 4.98 Å². The fraction of sp³-hybridized carbons (Fsp3) is 0. The molecule has 0 spiro atoms. The molecule has 3 rings (SSSR count). The lowest BCUT2D eigenvalue weighted by Gasteiger charge is -2.04. The van der Waals surface area contributed by atoms with Crippen LogP contribution in [0.2, 0.25) is 5.02 Å². The number of nitrogens with zero attached hydrogens (tertiary/aromatic N) is 3. The van der Waals surface area contributed by atoms with Crippen molar-refractivity contribution < 1.29 is 4.42 Å². The molecule has 0 atom stereocenters. The maximum absolute atomic E-state index is 8.91. The number of nitriles is 2. The van der Waals surface area contributed by atoms with Crippen molar-refractivity contribution in [2.24, 2.45) is 0 Å². The van der Waals surface area contributed by atoms with Crippen LogP contribution in [0.4, 0.5) is 0 Å². The number of hydrogen-bond donors (Lipinski definition) is 0. The summed E-state index contributed by atoms with van der Waals surface area (Å²) < 4.78 is 5.74. The second-order valence-electron chi connectivity index (χ2n) is 4.89. The van der Waals surface area contributed by atoms with Crippen LogP contribution in [-0.2, 0) is 0 Å². The van der Waals surface area contributed by atoms with E-state index in [2.05, 4.69) is 4.98 Å². The lowest BCUT2D eigenvalue weighted by molar-refractivity contribution is 0.490. The molecule has 0 aliphatic heterocycles. The minimum atomic E-state index is 0.0182. The number of fused-ring (bicyclic) bond motifs is 1. The van der Waals surface area contributed by atoms with Gasteiger partial charge in [-0.1, -0.05) is 35.9 Å². The first kappa shape index (κ1) is 16.9. The predicted octanol–water partition coefficient (Wildman–Crippen LogP) is 5.59. The number of oxazole rings is 1. The summed E-state index contributed by atoms with van der Waals surface area (Å²) in [5.74, 6) is 0. The van der Waals surface area contributed by atoms with Crippen molar-refractivity contribution in [3.63, 3.8) is 0 Å². The number of para-hydroxylation sites is 2. The molecular formula is C19H10ClN3OS. The molecule has 2 aromatic carbocycles. The Bertz CT molecular complexity index is 1000. The number of hydrogen-bond acceptors (Lipinski definition) is 5. The molecule has 0 N–H and O–H groups in total. The fourth-order valence-corrected chi connectivity index (χ4v) is 3.03. The molecule has 0 fully saturated rings. The number of rotatable bonds is 4. The zero-order chi connectivity index (χ0) is 17.6. The maximum atomic E-state index is 8.91. The van der Waals surface area contributed by atoms with Gasteiger partial charge in [-0.2, -0.15) is 10.5 Å². The van der Waals surface area contributed by atoms with Gasteiger partial charge in [-0.3, -0.25) is 0 Å². The monoisotopic (exact) mass is 363 g/mol. The molecule has 0 aliphatic rings. The summed E-state index contributed by atoms with van der Waals surface area (Å²) in [5, 5.41) is 18.9. The minimum Gasteiger partial charge on any atom is -0.431 e. The number of halogens is 1. The molecule has 0 bridgehead atoms. The summed E-state index contributed by atoms with van der Waals surface area (Å²) in [5.41, 5.74) is 2.37. The fourth-order valence-electron chi connectivity index (χ4n) is 2.05. The molecule has 3 aromatic rings. The second kappa shape index (κ2) is 7.72. The predicted molar refractivity (Wildman–Crippen MR) is 98.6 cm³/mol. The maximum Gasteiger partial charge on any atom is 0.261 e. The van der Waals surface area contributed by atoms with E-state index in [0.717, 1.165) is 16.0 Å². The van der Waals surface area contributed by atoms with Gasteiger partial charge < -0.3 is 4.42 Å². The van der Waals surface area contributed by atoms with Crippen molar-refractivity contribution in [2.75, 3.05) is 0 Å². The van der Waals surface area contributed by atoms with E-state index in [-0.39, 0.29) is 5.57 Å². The third kappa shape index (κ3) is 4.10. The van der Waals surface area contributed by atoms with Crippen LogP contribution >= 0.6 is 23.4 Å². The molecule has 0 saturated heterocycles. The van der Waals surface area contributed by atoms with Crippen LogP contribution in [0.5, 0.6) is 0 Å². The van der Waals surface area contributed by atoms with Crippen molar-refractivity contribution >= 4 is 39.4 Å². The first-order chi connectivity index (χ1) is 12.2. The van der Waals surface area contributed by atoms with Gasteiger partial charge in [0.2, 0.25) is 0 Å². The smallest absolute Gasteiger partial charge is 0.261 e. The molecule has 4 nitrogen and oxygen atoms in total. The normalized spacial score (nSPS) is 10.9. The first-order valence-corrected chi connectivity index (χ1v) is 8.40. The topological polar surface area (TPSA) is 73.6 Å². The highest BCUT2D eigenvalue weighted by molar-refractivity contribution is 8.08. The number of benzene rings is 2. The van der Waals surface area contributed by atoms with Gasteiger partial charge in [0.15, 0.2) is 5.58 Å². The third-order valence-electron chi connectivity index (χ3n) is 3.24. The van der Waals surface area contributed by atoms with E-state index in [9.17, 15) is 0 Å². The Hall–Kier alpha value is -2.99. The zero-order valence-electron chi connectivity index (χ0n) is 12.8.